The molecule has 18 heavy (non-hydrogen) atoms. The van der Waals surface area contributed by atoms with Gasteiger partial charge in [0, 0.05) is 5.56 Å². The number of hydrogen-bond donors (Lipinski definition) is 2. The molecule has 0 spiro atoms. The molecule has 0 saturated carbocycles. The molecular formula is C13H18FO3P. The van der Waals surface area contributed by atoms with Gasteiger partial charge in [0.05, 0.1) is 0 Å². The minimum absolute atomic E-state index is 0.0477. The Hall–Kier alpha value is -0.960. The maximum atomic E-state index is 13.9. The molecule has 0 bridgehead atoms. The molecule has 0 aliphatic heterocycles. The summed E-state index contributed by atoms with van der Waals surface area (Å²) in [6.45, 7) is 5.34. The Morgan fingerprint density at radius 2 is 2.06 bits per heavy atom. The second kappa shape index (κ2) is 5.79. The Labute approximate surface area is 107 Å². The normalized spacial score (nSPS) is 15.1. The molecule has 0 aliphatic rings. The molecular weight excluding hydrogens is 254 g/mol. The summed E-state index contributed by atoms with van der Waals surface area (Å²) in [5.41, 5.74) is 0.0695. The van der Waals surface area contributed by atoms with Gasteiger partial charge in [-0.05, 0) is 18.9 Å². The van der Waals surface area contributed by atoms with Crippen molar-refractivity contribution in [2.75, 3.05) is 0 Å². The second-order valence-electron chi connectivity index (χ2n) is 4.30. The molecule has 1 atom stereocenters. The minimum Gasteiger partial charge on any atom is -0.324 e. The molecule has 0 aliphatic carbocycles. The fraction of sp³-hybridized carbons (Fsp3) is 0.385. The summed E-state index contributed by atoms with van der Waals surface area (Å²) in [6.07, 6.45) is 2.24. The van der Waals surface area contributed by atoms with E-state index in [0.717, 1.165) is 0 Å². The SMILES string of the molecule is C=CCC(CCC)(c1ccccc1F)P(=O)(O)O. The van der Waals surface area contributed by atoms with Gasteiger partial charge < -0.3 is 9.79 Å². The summed E-state index contributed by atoms with van der Waals surface area (Å²) >= 11 is 0. The van der Waals surface area contributed by atoms with Crippen molar-refractivity contribution in [3.63, 3.8) is 0 Å². The van der Waals surface area contributed by atoms with Crippen LogP contribution in [0.15, 0.2) is 36.9 Å². The topological polar surface area (TPSA) is 57.5 Å². The number of allylic oxidation sites excluding steroid dienone is 1. The quantitative estimate of drug-likeness (QED) is 0.614. The lowest BCUT2D eigenvalue weighted by molar-refractivity contribution is 0.311. The standard InChI is InChI=1S/C13H18FO3P/c1-3-9-13(10-4-2,18(15,16)17)11-7-5-6-8-12(11)14/h3,5-8H,1,4,9-10H2,2H3,(H2,15,16,17). The molecule has 1 aromatic carbocycles. The van der Waals surface area contributed by atoms with Crippen molar-refractivity contribution >= 4 is 7.60 Å². The maximum Gasteiger partial charge on any atom is 0.336 e. The van der Waals surface area contributed by atoms with E-state index >= 15 is 0 Å². The van der Waals surface area contributed by atoms with Gasteiger partial charge in [-0.15, -0.1) is 6.58 Å². The number of hydrogen-bond acceptors (Lipinski definition) is 1. The van der Waals surface area contributed by atoms with Gasteiger partial charge in [-0.1, -0.05) is 37.6 Å². The van der Waals surface area contributed by atoms with Gasteiger partial charge in [0.15, 0.2) is 0 Å². The lowest BCUT2D eigenvalue weighted by Gasteiger charge is -2.34. The fourth-order valence-corrected chi connectivity index (χ4v) is 3.64. The molecule has 0 fully saturated rings. The first-order valence-corrected chi connectivity index (χ1v) is 7.42. The first kappa shape index (κ1) is 15.1. The Bertz CT molecular complexity index is 469. The highest BCUT2D eigenvalue weighted by atomic mass is 31.2. The van der Waals surface area contributed by atoms with Crippen molar-refractivity contribution in [2.45, 2.75) is 31.3 Å². The van der Waals surface area contributed by atoms with Crippen molar-refractivity contribution in [3.8, 4) is 0 Å². The molecule has 0 heterocycles. The van der Waals surface area contributed by atoms with Crippen LogP contribution in [0, 0.1) is 5.82 Å². The smallest absolute Gasteiger partial charge is 0.324 e. The summed E-state index contributed by atoms with van der Waals surface area (Å²) in [5, 5.41) is -1.51. The van der Waals surface area contributed by atoms with E-state index in [0.29, 0.717) is 6.42 Å². The molecule has 0 radical (unpaired) electrons. The Morgan fingerprint density at radius 1 is 1.44 bits per heavy atom. The van der Waals surface area contributed by atoms with Crippen LogP contribution in [0.2, 0.25) is 0 Å². The highest BCUT2D eigenvalue weighted by Crippen LogP contribution is 2.62. The van der Waals surface area contributed by atoms with E-state index in [1.807, 2.05) is 6.92 Å². The van der Waals surface area contributed by atoms with E-state index in [-0.39, 0.29) is 18.4 Å². The van der Waals surface area contributed by atoms with E-state index in [1.165, 1.54) is 24.3 Å². The molecule has 0 aromatic heterocycles. The lowest BCUT2D eigenvalue weighted by atomic mass is 9.90. The van der Waals surface area contributed by atoms with E-state index in [1.54, 1.807) is 6.07 Å². The van der Waals surface area contributed by atoms with Crippen LogP contribution in [-0.4, -0.2) is 9.79 Å². The molecule has 1 aromatic rings. The molecule has 2 N–H and O–H groups in total. The summed E-state index contributed by atoms with van der Waals surface area (Å²) < 4.78 is 25.7. The predicted molar refractivity (Wildman–Crippen MR) is 69.8 cm³/mol. The van der Waals surface area contributed by atoms with E-state index in [4.69, 9.17) is 0 Å². The van der Waals surface area contributed by atoms with E-state index < -0.39 is 18.6 Å². The first-order valence-electron chi connectivity index (χ1n) is 5.80. The van der Waals surface area contributed by atoms with Crippen LogP contribution in [0.4, 0.5) is 4.39 Å². The van der Waals surface area contributed by atoms with Gasteiger partial charge in [0.2, 0.25) is 0 Å². The Morgan fingerprint density at radius 3 is 2.50 bits per heavy atom. The Kier molecular flexibility index (Phi) is 4.85. The number of benzene rings is 1. The van der Waals surface area contributed by atoms with Crippen LogP contribution >= 0.6 is 7.60 Å². The van der Waals surface area contributed by atoms with Crippen LogP contribution in [0.25, 0.3) is 0 Å². The summed E-state index contributed by atoms with van der Waals surface area (Å²) in [7, 11) is -4.50. The number of halogens is 1. The van der Waals surface area contributed by atoms with Gasteiger partial charge in [-0.2, -0.15) is 0 Å². The van der Waals surface area contributed by atoms with Crippen LogP contribution in [0.3, 0.4) is 0 Å². The van der Waals surface area contributed by atoms with Gasteiger partial charge >= 0.3 is 7.60 Å². The van der Waals surface area contributed by atoms with Crippen molar-refractivity contribution in [1.82, 2.24) is 0 Å². The number of rotatable bonds is 6. The molecule has 0 saturated heterocycles. The largest absolute Gasteiger partial charge is 0.336 e. The van der Waals surface area contributed by atoms with Gasteiger partial charge in [-0.25, -0.2) is 4.39 Å². The molecule has 5 heteroatoms. The van der Waals surface area contributed by atoms with Crippen molar-refractivity contribution in [2.24, 2.45) is 0 Å². The minimum atomic E-state index is -4.50. The monoisotopic (exact) mass is 272 g/mol. The van der Waals surface area contributed by atoms with Crippen LogP contribution in [-0.2, 0) is 9.72 Å². The predicted octanol–water partition coefficient (Wildman–Crippen LogP) is 3.57. The third-order valence-electron chi connectivity index (χ3n) is 3.08. The van der Waals surface area contributed by atoms with E-state index in [2.05, 4.69) is 6.58 Å². The van der Waals surface area contributed by atoms with Crippen molar-refractivity contribution in [1.29, 1.82) is 0 Å². The maximum absolute atomic E-state index is 13.9. The highest BCUT2D eigenvalue weighted by Gasteiger charge is 2.47. The average Bonchev–Trinajstić information content (AvgIpc) is 2.28. The van der Waals surface area contributed by atoms with Gasteiger partial charge in [0.25, 0.3) is 0 Å². The highest BCUT2D eigenvalue weighted by molar-refractivity contribution is 7.53. The summed E-state index contributed by atoms with van der Waals surface area (Å²) in [4.78, 5) is 19.3. The van der Waals surface area contributed by atoms with Crippen molar-refractivity contribution < 1.29 is 18.7 Å². The third-order valence-corrected chi connectivity index (χ3v) is 4.84. The second-order valence-corrected chi connectivity index (χ2v) is 6.24. The summed E-state index contributed by atoms with van der Waals surface area (Å²) in [5.74, 6) is -0.587. The molecule has 3 nitrogen and oxygen atoms in total. The zero-order chi connectivity index (χ0) is 13.8. The molecule has 1 rings (SSSR count). The average molecular weight is 272 g/mol. The first-order chi connectivity index (χ1) is 8.39. The van der Waals surface area contributed by atoms with Crippen LogP contribution < -0.4 is 0 Å². The molecule has 0 amide bonds. The molecule has 1 unspecified atom stereocenters. The Balaban J connectivity index is 3.48. The lowest BCUT2D eigenvalue weighted by Crippen LogP contribution is -2.27. The fourth-order valence-electron chi connectivity index (χ4n) is 2.26. The van der Waals surface area contributed by atoms with Crippen molar-refractivity contribution in [3.05, 3.63) is 48.3 Å². The van der Waals surface area contributed by atoms with Gasteiger partial charge in [0.1, 0.15) is 11.0 Å². The van der Waals surface area contributed by atoms with Crippen LogP contribution in [0.5, 0.6) is 0 Å². The van der Waals surface area contributed by atoms with E-state index in [9.17, 15) is 18.7 Å². The zero-order valence-electron chi connectivity index (χ0n) is 10.3. The van der Waals surface area contributed by atoms with Crippen LogP contribution in [0.1, 0.15) is 31.7 Å². The van der Waals surface area contributed by atoms with Gasteiger partial charge in [-0.3, -0.25) is 4.57 Å². The zero-order valence-corrected chi connectivity index (χ0v) is 11.2. The molecule has 100 valence electrons. The summed E-state index contributed by atoms with van der Waals surface area (Å²) in [6, 6.07) is 5.75. The third kappa shape index (κ3) is 2.72.